The standard InChI is InChI=1S/C15H17NO4/c1-11-9-13(20-14(11)15(17)18)10-19-8-2-3-12-4-6-16-7-5-12/h4-7,9H,2-3,8,10H2,1H3,(H,17,18). The van der Waals surface area contributed by atoms with Gasteiger partial charge in [0.1, 0.15) is 12.4 Å². The van der Waals surface area contributed by atoms with Crippen LogP contribution in [0.4, 0.5) is 0 Å². The van der Waals surface area contributed by atoms with Crippen molar-refractivity contribution in [2.45, 2.75) is 26.4 Å². The molecule has 0 bridgehead atoms. The molecule has 1 N–H and O–H groups in total. The van der Waals surface area contributed by atoms with Gasteiger partial charge in [-0.25, -0.2) is 4.79 Å². The number of hydrogen-bond acceptors (Lipinski definition) is 4. The highest BCUT2D eigenvalue weighted by Crippen LogP contribution is 2.15. The van der Waals surface area contributed by atoms with Crippen LogP contribution in [0.2, 0.25) is 0 Å². The number of carbonyl (C=O) groups is 1. The van der Waals surface area contributed by atoms with E-state index in [2.05, 4.69) is 4.98 Å². The van der Waals surface area contributed by atoms with Crippen LogP contribution in [-0.4, -0.2) is 22.7 Å². The molecule has 2 aromatic rings. The number of aromatic nitrogens is 1. The van der Waals surface area contributed by atoms with Gasteiger partial charge in [0.25, 0.3) is 0 Å². The largest absolute Gasteiger partial charge is 0.475 e. The lowest BCUT2D eigenvalue weighted by Gasteiger charge is -2.02. The SMILES string of the molecule is Cc1cc(COCCCc2ccncc2)oc1C(=O)O. The number of furan rings is 1. The molecule has 0 radical (unpaired) electrons. The second-order valence-corrected chi connectivity index (χ2v) is 4.54. The van der Waals surface area contributed by atoms with Gasteiger partial charge in [-0.2, -0.15) is 0 Å². The first kappa shape index (κ1) is 14.3. The number of aromatic carboxylic acids is 1. The number of pyridine rings is 1. The minimum absolute atomic E-state index is 0.0135. The summed E-state index contributed by atoms with van der Waals surface area (Å²) in [6, 6.07) is 5.66. The molecule has 106 valence electrons. The second kappa shape index (κ2) is 6.86. The van der Waals surface area contributed by atoms with E-state index in [-0.39, 0.29) is 5.76 Å². The Morgan fingerprint density at radius 3 is 2.80 bits per heavy atom. The molecule has 20 heavy (non-hydrogen) atoms. The molecule has 0 saturated heterocycles. The number of rotatable bonds is 7. The number of carboxylic acid groups (broad SMARTS) is 1. The predicted octanol–water partition coefficient (Wildman–Crippen LogP) is 2.83. The summed E-state index contributed by atoms with van der Waals surface area (Å²) in [5.41, 5.74) is 1.85. The summed E-state index contributed by atoms with van der Waals surface area (Å²) in [5.74, 6) is -0.518. The Balaban J connectivity index is 1.71. The summed E-state index contributed by atoms with van der Waals surface area (Å²) in [6.45, 7) is 2.61. The average molecular weight is 275 g/mol. The van der Waals surface area contributed by atoms with Gasteiger partial charge >= 0.3 is 5.97 Å². The molecule has 0 aliphatic carbocycles. The van der Waals surface area contributed by atoms with E-state index in [0.717, 1.165) is 12.8 Å². The molecule has 2 rings (SSSR count). The van der Waals surface area contributed by atoms with Crippen molar-refractivity contribution in [2.75, 3.05) is 6.61 Å². The Bertz CT molecular complexity index is 563. The highest BCUT2D eigenvalue weighted by molar-refractivity contribution is 5.86. The quantitative estimate of drug-likeness (QED) is 0.787. The van der Waals surface area contributed by atoms with Crippen LogP contribution in [0.1, 0.15) is 33.9 Å². The van der Waals surface area contributed by atoms with Crippen molar-refractivity contribution in [2.24, 2.45) is 0 Å². The van der Waals surface area contributed by atoms with E-state index in [1.54, 1.807) is 25.4 Å². The summed E-state index contributed by atoms with van der Waals surface area (Å²) in [5, 5.41) is 8.88. The lowest BCUT2D eigenvalue weighted by atomic mass is 10.1. The van der Waals surface area contributed by atoms with E-state index in [1.807, 2.05) is 12.1 Å². The Morgan fingerprint density at radius 1 is 1.40 bits per heavy atom. The summed E-state index contributed by atoms with van der Waals surface area (Å²) in [7, 11) is 0. The van der Waals surface area contributed by atoms with Gasteiger partial charge in [0.05, 0.1) is 0 Å². The fourth-order valence-electron chi connectivity index (χ4n) is 1.93. The monoisotopic (exact) mass is 275 g/mol. The third-order valence-electron chi connectivity index (χ3n) is 2.91. The van der Waals surface area contributed by atoms with E-state index >= 15 is 0 Å². The minimum Gasteiger partial charge on any atom is -0.475 e. The predicted molar refractivity (Wildman–Crippen MR) is 72.6 cm³/mol. The summed E-state index contributed by atoms with van der Waals surface area (Å²) in [6.07, 6.45) is 5.38. The topological polar surface area (TPSA) is 72.6 Å². The van der Waals surface area contributed by atoms with Gasteiger partial charge in [-0.3, -0.25) is 4.98 Å². The Hall–Kier alpha value is -2.14. The zero-order chi connectivity index (χ0) is 14.4. The van der Waals surface area contributed by atoms with Gasteiger partial charge in [0, 0.05) is 24.6 Å². The van der Waals surface area contributed by atoms with E-state index in [0.29, 0.717) is 24.5 Å². The summed E-state index contributed by atoms with van der Waals surface area (Å²) >= 11 is 0. The van der Waals surface area contributed by atoms with Crippen LogP contribution < -0.4 is 0 Å². The lowest BCUT2D eigenvalue weighted by Crippen LogP contribution is -1.97. The number of carboxylic acids is 1. The lowest BCUT2D eigenvalue weighted by molar-refractivity contribution is 0.0645. The number of ether oxygens (including phenoxy) is 1. The molecule has 0 saturated carbocycles. The molecule has 0 aromatic carbocycles. The summed E-state index contributed by atoms with van der Waals surface area (Å²) < 4.78 is 10.7. The van der Waals surface area contributed by atoms with Crippen LogP contribution in [0.3, 0.4) is 0 Å². The second-order valence-electron chi connectivity index (χ2n) is 4.54. The fourth-order valence-corrected chi connectivity index (χ4v) is 1.93. The van der Waals surface area contributed by atoms with Crippen LogP contribution in [0.5, 0.6) is 0 Å². The third kappa shape index (κ3) is 3.93. The maximum Gasteiger partial charge on any atom is 0.372 e. The van der Waals surface area contributed by atoms with Crippen LogP contribution in [-0.2, 0) is 17.8 Å². The van der Waals surface area contributed by atoms with Crippen LogP contribution in [0.25, 0.3) is 0 Å². The molecule has 0 amide bonds. The van der Waals surface area contributed by atoms with Crippen molar-refractivity contribution in [3.05, 3.63) is 53.2 Å². The van der Waals surface area contributed by atoms with Gasteiger partial charge < -0.3 is 14.3 Å². The van der Waals surface area contributed by atoms with Crippen molar-refractivity contribution in [1.29, 1.82) is 0 Å². The Labute approximate surface area is 117 Å². The third-order valence-corrected chi connectivity index (χ3v) is 2.91. The van der Waals surface area contributed by atoms with Crippen molar-refractivity contribution in [1.82, 2.24) is 4.98 Å². The van der Waals surface area contributed by atoms with Gasteiger partial charge in [0.15, 0.2) is 0 Å². The van der Waals surface area contributed by atoms with Crippen molar-refractivity contribution in [3.8, 4) is 0 Å². The molecular weight excluding hydrogens is 258 g/mol. The van der Waals surface area contributed by atoms with Gasteiger partial charge in [0.2, 0.25) is 5.76 Å². The number of nitrogens with zero attached hydrogens (tertiary/aromatic N) is 1. The molecule has 5 nitrogen and oxygen atoms in total. The molecule has 0 aliphatic heterocycles. The zero-order valence-corrected chi connectivity index (χ0v) is 11.3. The van der Waals surface area contributed by atoms with E-state index < -0.39 is 5.97 Å². The summed E-state index contributed by atoms with van der Waals surface area (Å²) in [4.78, 5) is 14.8. The van der Waals surface area contributed by atoms with E-state index in [9.17, 15) is 4.79 Å². The smallest absolute Gasteiger partial charge is 0.372 e. The minimum atomic E-state index is -1.05. The number of aryl methyl sites for hydroxylation is 2. The average Bonchev–Trinajstić information content (AvgIpc) is 2.81. The van der Waals surface area contributed by atoms with E-state index in [4.69, 9.17) is 14.3 Å². The van der Waals surface area contributed by atoms with Gasteiger partial charge in [-0.1, -0.05) is 0 Å². The highest BCUT2D eigenvalue weighted by atomic mass is 16.5. The first-order valence-corrected chi connectivity index (χ1v) is 6.46. The van der Waals surface area contributed by atoms with Crippen molar-refractivity contribution >= 4 is 5.97 Å². The molecule has 0 spiro atoms. The van der Waals surface area contributed by atoms with Gasteiger partial charge in [-0.05, 0) is 43.5 Å². The zero-order valence-electron chi connectivity index (χ0n) is 11.3. The molecule has 0 aliphatic rings. The van der Waals surface area contributed by atoms with Crippen molar-refractivity contribution < 1.29 is 19.1 Å². The molecule has 2 heterocycles. The van der Waals surface area contributed by atoms with Gasteiger partial charge in [-0.15, -0.1) is 0 Å². The molecule has 0 unspecified atom stereocenters. The number of hydrogen-bond donors (Lipinski definition) is 1. The van der Waals surface area contributed by atoms with E-state index in [1.165, 1.54) is 5.56 Å². The fraction of sp³-hybridized carbons (Fsp3) is 0.333. The van der Waals surface area contributed by atoms with Crippen LogP contribution in [0, 0.1) is 6.92 Å². The molecule has 5 heteroatoms. The maximum atomic E-state index is 10.8. The first-order valence-electron chi connectivity index (χ1n) is 6.46. The molecule has 0 atom stereocenters. The molecular formula is C15H17NO4. The maximum absolute atomic E-state index is 10.8. The Kier molecular flexibility index (Phi) is 4.90. The van der Waals surface area contributed by atoms with Crippen LogP contribution in [0.15, 0.2) is 35.0 Å². The first-order chi connectivity index (χ1) is 9.66. The van der Waals surface area contributed by atoms with Crippen LogP contribution >= 0.6 is 0 Å². The van der Waals surface area contributed by atoms with Crippen molar-refractivity contribution in [3.63, 3.8) is 0 Å². The molecule has 0 fully saturated rings. The highest BCUT2D eigenvalue weighted by Gasteiger charge is 2.13. The Morgan fingerprint density at radius 2 is 2.15 bits per heavy atom. The molecule has 2 aromatic heterocycles. The normalized spacial score (nSPS) is 10.7.